The number of imide groups is 1. The van der Waals surface area contributed by atoms with Crippen molar-refractivity contribution in [3.8, 4) is 0 Å². The fourth-order valence-electron chi connectivity index (χ4n) is 3.93. The monoisotopic (exact) mass is 317 g/mol. The van der Waals surface area contributed by atoms with Crippen molar-refractivity contribution < 1.29 is 9.59 Å². The van der Waals surface area contributed by atoms with Crippen LogP contribution < -0.4 is 4.90 Å². The number of anilines is 1. The van der Waals surface area contributed by atoms with Gasteiger partial charge < -0.3 is 0 Å². The fraction of sp³-hybridized carbons (Fsp3) is 0.238. The van der Waals surface area contributed by atoms with Gasteiger partial charge in [0.1, 0.15) is 0 Å². The molecule has 120 valence electrons. The van der Waals surface area contributed by atoms with E-state index in [-0.39, 0.29) is 23.7 Å². The summed E-state index contributed by atoms with van der Waals surface area (Å²) >= 11 is 0. The van der Waals surface area contributed by atoms with Crippen molar-refractivity contribution in [1.29, 1.82) is 0 Å². The van der Waals surface area contributed by atoms with Gasteiger partial charge >= 0.3 is 0 Å². The molecule has 0 unspecified atom stereocenters. The van der Waals surface area contributed by atoms with Crippen molar-refractivity contribution in [2.24, 2.45) is 11.8 Å². The van der Waals surface area contributed by atoms with E-state index in [1.807, 2.05) is 48.5 Å². The van der Waals surface area contributed by atoms with Crippen molar-refractivity contribution in [2.45, 2.75) is 19.8 Å². The van der Waals surface area contributed by atoms with Crippen molar-refractivity contribution in [3.05, 3.63) is 71.8 Å². The molecule has 2 aromatic rings. The molecule has 0 spiro atoms. The van der Waals surface area contributed by atoms with Crippen LogP contribution in [0.4, 0.5) is 5.69 Å². The molecule has 0 N–H and O–H groups in total. The van der Waals surface area contributed by atoms with Gasteiger partial charge in [-0.05, 0) is 43.0 Å². The first-order chi connectivity index (χ1) is 11.7. The lowest BCUT2D eigenvalue weighted by Crippen LogP contribution is -2.30. The Morgan fingerprint density at radius 1 is 0.792 bits per heavy atom. The van der Waals surface area contributed by atoms with Gasteiger partial charge in [-0.1, -0.05) is 54.1 Å². The van der Waals surface area contributed by atoms with Crippen molar-refractivity contribution >= 4 is 23.1 Å². The van der Waals surface area contributed by atoms with Gasteiger partial charge in [0.15, 0.2) is 0 Å². The Bertz CT molecular complexity index is 823. The minimum Gasteiger partial charge on any atom is -0.274 e. The Balaban J connectivity index is 1.69. The summed E-state index contributed by atoms with van der Waals surface area (Å²) in [6, 6.07) is 19.4. The van der Waals surface area contributed by atoms with Gasteiger partial charge in [-0.25, -0.2) is 0 Å². The molecule has 2 aliphatic rings. The number of amides is 2. The lowest BCUT2D eigenvalue weighted by molar-refractivity contribution is -0.122. The van der Waals surface area contributed by atoms with E-state index in [4.69, 9.17) is 0 Å². The normalized spacial score (nSPS) is 23.6. The number of carbonyl (C=O) groups excluding carboxylic acids is 2. The van der Waals surface area contributed by atoms with Gasteiger partial charge in [-0.15, -0.1) is 0 Å². The SMILES string of the molecule is CC1=C(c2ccccc2)C[C@@H]2C(=O)N(c3ccccc3)C(=O)[C@@H]2C1. The molecule has 2 aromatic carbocycles. The average molecular weight is 317 g/mol. The summed E-state index contributed by atoms with van der Waals surface area (Å²) in [7, 11) is 0. The molecular weight excluding hydrogens is 298 g/mol. The number of allylic oxidation sites excluding steroid dienone is 2. The van der Waals surface area contributed by atoms with E-state index >= 15 is 0 Å². The molecule has 1 heterocycles. The molecule has 24 heavy (non-hydrogen) atoms. The zero-order valence-corrected chi connectivity index (χ0v) is 13.6. The first kappa shape index (κ1) is 14.9. The van der Waals surface area contributed by atoms with Crippen LogP contribution in [0.3, 0.4) is 0 Å². The van der Waals surface area contributed by atoms with Crippen LogP contribution in [0.2, 0.25) is 0 Å². The van der Waals surface area contributed by atoms with E-state index in [1.165, 1.54) is 16.0 Å². The van der Waals surface area contributed by atoms with E-state index in [0.29, 0.717) is 18.5 Å². The van der Waals surface area contributed by atoms with Gasteiger partial charge in [0.05, 0.1) is 17.5 Å². The summed E-state index contributed by atoms with van der Waals surface area (Å²) in [6.07, 6.45) is 1.32. The Morgan fingerprint density at radius 2 is 1.33 bits per heavy atom. The third-order valence-corrected chi connectivity index (χ3v) is 5.16. The number of benzene rings is 2. The Kier molecular flexibility index (Phi) is 3.57. The topological polar surface area (TPSA) is 37.4 Å². The third-order valence-electron chi connectivity index (χ3n) is 5.16. The Morgan fingerprint density at radius 3 is 1.96 bits per heavy atom. The largest absolute Gasteiger partial charge is 0.274 e. The van der Waals surface area contributed by atoms with Gasteiger partial charge in [0, 0.05) is 0 Å². The smallest absolute Gasteiger partial charge is 0.238 e. The molecule has 4 rings (SSSR count). The van der Waals surface area contributed by atoms with Gasteiger partial charge in [0.25, 0.3) is 0 Å². The minimum atomic E-state index is -0.239. The van der Waals surface area contributed by atoms with Crippen molar-refractivity contribution in [1.82, 2.24) is 0 Å². The number of hydrogen-bond acceptors (Lipinski definition) is 2. The van der Waals surface area contributed by atoms with E-state index in [9.17, 15) is 9.59 Å². The van der Waals surface area contributed by atoms with Crippen LogP contribution in [-0.2, 0) is 9.59 Å². The van der Waals surface area contributed by atoms with Gasteiger partial charge in [-0.2, -0.15) is 0 Å². The molecule has 2 amide bonds. The van der Waals surface area contributed by atoms with Crippen LogP contribution in [0, 0.1) is 11.8 Å². The summed E-state index contributed by atoms with van der Waals surface area (Å²) in [4.78, 5) is 27.1. The maximum atomic E-state index is 12.9. The summed E-state index contributed by atoms with van der Waals surface area (Å²) in [5.41, 5.74) is 4.28. The van der Waals surface area contributed by atoms with E-state index in [2.05, 4.69) is 19.1 Å². The molecular formula is C21H19NO2. The highest BCUT2D eigenvalue weighted by Crippen LogP contribution is 2.45. The zero-order chi connectivity index (χ0) is 16.7. The molecule has 1 aliphatic carbocycles. The quantitative estimate of drug-likeness (QED) is 0.783. The molecule has 3 nitrogen and oxygen atoms in total. The van der Waals surface area contributed by atoms with Crippen molar-refractivity contribution in [3.63, 3.8) is 0 Å². The van der Waals surface area contributed by atoms with Crippen molar-refractivity contribution in [2.75, 3.05) is 4.90 Å². The van der Waals surface area contributed by atoms with Crippen LogP contribution in [0.5, 0.6) is 0 Å². The maximum Gasteiger partial charge on any atom is 0.238 e. The summed E-state index contributed by atoms with van der Waals surface area (Å²) in [5.74, 6) is -0.568. The number of para-hydroxylation sites is 1. The maximum absolute atomic E-state index is 12.9. The highest BCUT2D eigenvalue weighted by Gasteiger charge is 2.50. The lowest BCUT2D eigenvalue weighted by atomic mass is 9.76. The van der Waals surface area contributed by atoms with E-state index < -0.39 is 0 Å². The number of carbonyl (C=O) groups is 2. The molecule has 3 heteroatoms. The number of rotatable bonds is 2. The average Bonchev–Trinajstić information content (AvgIpc) is 2.86. The summed E-state index contributed by atoms with van der Waals surface area (Å²) in [5, 5.41) is 0. The number of hydrogen-bond donors (Lipinski definition) is 0. The second kappa shape index (κ2) is 5.75. The predicted octanol–water partition coefficient (Wildman–Crippen LogP) is 4.06. The van der Waals surface area contributed by atoms with Gasteiger partial charge in [0.2, 0.25) is 11.8 Å². The Hall–Kier alpha value is -2.68. The van der Waals surface area contributed by atoms with Gasteiger partial charge in [-0.3, -0.25) is 14.5 Å². The van der Waals surface area contributed by atoms with Crippen LogP contribution >= 0.6 is 0 Å². The molecule has 1 aliphatic heterocycles. The molecule has 0 saturated carbocycles. The van der Waals surface area contributed by atoms with Crippen LogP contribution in [-0.4, -0.2) is 11.8 Å². The highest BCUT2D eigenvalue weighted by molar-refractivity contribution is 6.22. The third kappa shape index (κ3) is 2.28. The van der Waals surface area contributed by atoms with E-state index in [1.54, 1.807) is 0 Å². The second-order valence-corrected chi connectivity index (χ2v) is 6.59. The Labute approximate surface area is 141 Å². The molecule has 1 saturated heterocycles. The van der Waals surface area contributed by atoms with Crippen LogP contribution in [0.25, 0.3) is 5.57 Å². The summed E-state index contributed by atoms with van der Waals surface area (Å²) in [6.45, 7) is 2.08. The first-order valence-electron chi connectivity index (χ1n) is 8.33. The van der Waals surface area contributed by atoms with Crippen LogP contribution in [0.1, 0.15) is 25.3 Å². The molecule has 0 bridgehead atoms. The molecule has 1 fully saturated rings. The predicted molar refractivity (Wildman–Crippen MR) is 94.2 cm³/mol. The number of nitrogens with zero attached hydrogens (tertiary/aromatic N) is 1. The van der Waals surface area contributed by atoms with Crippen LogP contribution in [0.15, 0.2) is 66.2 Å². The minimum absolute atomic E-state index is 0.0531. The molecule has 2 atom stereocenters. The number of fused-ring (bicyclic) bond motifs is 1. The second-order valence-electron chi connectivity index (χ2n) is 6.59. The highest BCUT2D eigenvalue weighted by atomic mass is 16.2. The first-order valence-corrected chi connectivity index (χ1v) is 8.33. The lowest BCUT2D eigenvalue weighted by Gasteiger charge is -2.25. The van der Waals surface area contributed by atoms with E-state index in [0.717, 1.165) is 5.56 Å². The molecule has 0 aromatic heterocycles. The zero-order valence-electron chi connectivity index (χ0n) is 13.6. The standard InChI is InChI=1S/C21H19NO2/c1-14-12-18-19(13-17(14)15-8-4-2-5-9-15)21(24)22(20(18)23)16-10-6-3-7-11-16/h2-11,18-19H,12-13H2,1H3/t18-,19+/m1/s1. The summed E-state index contributed by atoms with van der Waals surface area (Å²) < 4.78 is 0. The molecule has 0 radical (unpaired) electrons. The fourth-order valence-corrected chi connectivity index (χ4v) is 3.93.